The number of pyridine rings is 1. The Morgan fingerprint density at radius 2 is 1.82 bits per heavy atom. The summed E-state index contributed by atoms with van der Waals surface area (Å²) >= 11 is 0. The molecule has 0 unspecified atom stereocenters. The zero-order chi connectivity index (χ0) is 27.5. The van der Waals surface area contributed by atoms with E-state index in [9.17, 15) is 27.2 Å². The number of alkyl halides is 3. The fourth-order valence-corrected chi connectivity index (χ4v) is 4.13. The number of ether oxygens (including phenoxy) is 1. The first-order chi connectivity index (χ1) is 18.0. The fourth-order valence-electron chi connectivity index (χ4n) is 4.13. The molecule has 1 atom stereocenters. The van der Waals surface area contributed by atoms with Gasteiger partial charge in [-0.15, -0.1) is 0 Å². The number of carbonyl (C=O) groups excluding carboxylic acids is 2. The molecule has 1 amide bonds. The SMILES string of the molecule is Cc1ccc(Nc2cnc(CNC(=O)[C@]3(CC(=O)c4cnc(C)nc4)CCOC3)c(F)c2)c(C(F)(F)F)c1. The molecule has 1 aromatic carbocycles. The lowest BCUT2D eigenvalue weighted by molar-refractivity contribution is -0.137. The van der Waals surface area contributed by atoms with Crippen LogP contribution < -0.4 is 10.6 Å². The maximum absolute atomic E-state index is 14.8. The van der Waals surface area contributed by atoms with Gasteiger partial charge in [-0.2, -0.15) is 13.2 Å². The normalized spacial score (nSPS) is 17.3. The van der Waals surface area contributed by atoms with Gasteiger partial charge in [0.2, 0.25) is 5.91 Å². The summed E-state index contributed by atoms with van der Waals surface area (Å²) in [7, 11) is 0. The molecule has 0 aliphatic carbocycles. The Labute approximate surface area is 215 Å². The first-order valence-corrected chi connectivity index (χ1v) is 11.7. The molecule has 1 saturated heterocycles. The number of nitrogens with one attached hydrogen (secondary N) is 2. The van der Waals surface area contributed by atoms with Gasteiger partial charge in [0.15, 0.2) is 5.78 Å². The first kappa shape index (κ1) is 27.1. The van der Waals surface area contributed by atoms with Gasteiger partial charge in [0.1, 0.15) is 11.6 Å². The van der Waals surface area contributed by atoms with Crippen molar-refractivity contribution in [2.75, 3.05) is 18.5 Å². The molecular weight excluding hydrogens is 506 g/mol. The highest BCUT2D eigenvalue weighted by atomic mass is 19.4. The number of hydrogen-bond donors (Lipinski definition) is 2. The van der Waals surface area contributed by atoms with Gasteiger partial charge < -0.3 is 15.4 Å². The average Bonchev–Trinajstić information content (AvgIpc) is 3.34. The molecule has 2 aromatic heterocycles. The number of amides is 1. The summed E-state index contributed by atoms with van der Waals surface area (Å²) in [5, 5.41) is 5.18. The fraction of sp³-hybridized carbons (Fsp3) is 0.346. The van der Waals surface area contributed by atoms with Crippen molar-refractivity contribution >= 4 is 23.1 Å². The van der Waals surface area contributed by atoms with Crippen LogP contribution >= 0.6 is 0 Å². The van der Waals surface area contributed by atoms with Crippen molar-refractivity contribution < 1.29 is 31.9 Å². The van der Waals surface area contributed by atoms with Crippen LogP contribution in [0.15, 0.2) is 42.9 Å². The summed E-state index contributed by atoms with van der Waals surface area (Å²) in [6.07, 6.45) is -0.459. The van der Waals surface area contributed by atoms with Gasteiger partial charge in [0.25, 0.3) is 0 Å². The van der Waals surface area contributed by atoms with Crippen molar-refractivity contribution in [2.24, 2.45) is 5.41 Å². The minimum Gasteiger partial charge on any atom is -0.380 e. The number of carbonyl (C=O) groups is 2. The molecule has 0 radical (unpaired) electrons. The molecule has 1 aliphatic rings. The number of benzene rings is 1. The average molecular weight is 532 g/mol. The van der Waals surface area contributed by atoms with Crippen molar-refractivity contribution in [3.05, 3.63) is 76.9 Å². The zero-order valence-electron chi connectivity index (χ0n) is 20.7. The van der Waals surface area contributed by atoms with Crippen LogP contribution in [-0.2, 0) is 22.3 Å². The van der Waals surface area contributed by atoms with Crippen LogP contribution in [0.25, 0.3) is 0 Å². The summed E-state index contributed by atoms with van der Waals surface area (Å²) in [5.41, 5.74) is -1.67. The Kier molecular flexibility index (Phi) is 7.72. The Morgan fingerprint density at radius 1 is 1.08 bits per heavy atom. The van der Waals surface area contributed by atoms with Crippen LogP contribution in [0.1, 0.15) is 45.8 Å². The van der Waals surface area contributed by atoms with E-state index in [4.69, 9.17) is 4.74 Å². The van der Waals surface area contributed by atoms with E-state index in [0.29, 0.717) is 17.8 Å². The second kappa shape index (κ2) is 10.8. The van der Waals surface area contributed by atoms with Crippen LogP contribution in [0, 0.1) is 25.1 Å². The third kappa shape index (κ3) is 6.13. The molecule has 0 saturated carbocycles. The maximum atomic E-state index is 14.8. The van der Waals surface area contributed by atoms with Crippen LogP contribution in [0.3, 0.4) is 0 Å². The van der Waals surface area contributed by atoms with E-state index < -0.39 is 28.9 Å². The van der Waals surface area contributed by atoms with E-state index >= 15 is 0 Å². The minimum atomic E-state index is -4.60. The summed E-state index contributed by atoms with van der Waals surface area (Å²) in [6.45, 7) is 3.25. The van der Waals surface area contributed by atoms with E-state index in [1.807, 2.05) is 0 Å². The molecule has 200 valence electrons. The number of ketones is 1. The van der Waals surface area contributed by atoms with Gasteiger partial charge in [-0.1, -0.05) is 11.6 Å². The lowest BCUT2D eigenvalue weighted by Crippen LogP contribution is -2.43. The Hall–Kier alpha value is -3.93. The highest BCUT2D eigenvalue weighted by Crippen LogP contribution is 2.37. The van der Waals surface area contributed by atoms with Crippen LogP contribution in [0.4, 0.5) is 28.9 Å². The number of aryl methyl sites for hydroxylation is 2. The number of aromatic nitrogens is 3. The molecule has 8 nitrogen and oxygen atoms in total. The van der Waals surface area contributed by atoms with E-state index in [0.717, 1.165) is 12.1 Å². The molecule has 0 bridgehead atoms. The van der Waals surface area contributed by atoms with Crippen LogP contribution in [0.5, 0.6) is 0 Å². The summed E-state index contributed by atoms with van der Waals surface area (Å²) in [5.74, 6) is -1.12. The predicted octanol–water partition coefficient (Wildman–Crippen LogP) is 4.69. The van der Waals surface area contributed by atoms with Crippen molar-refractivity contribution in [1.82, 2.24) is 20.3 Å². The van der Waals surface area contributed by atoms with E-state index in [-0.39, 0.29) is 54.6 Å². The van der Waals surface area contributed by atoms with Crippen LogP contribution in [-0.4, -0.2) is 39.9 Å². The molecule has 1 aliphatic heterocycles. The molecule has 3 heterocycles. The molecule has 12 heteroatoms. The van der Waals surface area contributed by atoms with Crippen molar-refractivity contribution in [3.63, 3.8) is 0 Å². The number of halogens is 4. The number of Topliss-reactive ketones (excluding diaryl/α,β-unsaturated/α-hetero) is 1. The molecule has 1 fully saturated rings. The molecule has 0 spiro atoms. The number of nitrogens with zero attached hydrogens (tertiary/aromatic N) is 3. The zero-order valence-corrected chi connectivity index (χ0v) is 20.7. The number of rotatable bonds is 8. The number of hydrogen-bond acceptors (Lipinski definition) is 7. The lowest BCUT2D eigenvalue weighted by atomic mass is 9.80. The summed E-state index contributed by atoms with van der Waals surface area (Å²) in [4.78, 5) is 37.9. The third-order valence-corrected chi connectivity index (χ3v) is 6.28. The molecule has 2 N–H and O–H groups in total. The highest BCUT2D eigenvalue weighted by molar-refractivity contribution is 5.99. The minimum absolute atomic E-state index is 0.0125. The standard InChI is InChI=1S/C26H25F4N5O3/c1-15-3-4-21(19(7-15)26(28,29)30)35-18-8-20(27)22(33-12-18)13-34-24(37)25(5-6-38-14-25)9-23(36)17-10-31-16(2)32-11-17/h3-4,7-8,10-12,35H,5-6,9,13-14H2,1-2H3,(H,34,37)/t25-/m0/s1. The second-order valence-corrected chi connectivity index (χ2v) is 9.21. The highest BCUT2D eigenvalue weighted by Gasteiger charge is 2.44. The summed E-state index contributed by atoms with van der Waals surface area (Å²) in [6, 6.07) is 4.76. The monoisotopic (exact) mass is 531 g/mol. The second-order valence-electron chi connectivity index (χ2n) is 9.21. The van der Waals surface area contributed by atoms with Gasteiger partial charge in [-0.3, -0.25) is 14.6 Å². The molecule has 38 heavy (non-hydrogen) atoms. The Bertz CT molecular complexity index is 1340. The molecule has 4 rings (SSSR count). The van der Waals surface area contributed by atoms with Crippen molar-refractivity contribution in [3.8, 4) is 0 Å². The van der Waals surface area contributed by atoms with Gasteiger partial charge >= 0.3 is 6.18 Å². The van der Waals surface area contributed by atoms with Gasteiger partial charge in [0.05, 0.1) is 53.0 Å². The first-order valence-electron chi connectivity index (χ1n) is 11.7. The van der Waals surface area contributed by atoms with Crippen LogP contribution in [0.2, 0.25) is 0 Å². The topological polar surface area (TPSA) is 106 Å². The Balaban J connectivity index is 1.44. The van der Waals surface area contributed by atoms with Crippen molar-refractivity contribution in [1.29, 1.82) is 0 Å². The Morgan fingerprint density at radius 3 is 2.45 bits per heavy atom. The third-order valence-electron chi connectivity index (χ3n) is 6.28. The van der Waals surface area contributed by atoms with E-state index in [2.05, 4.69) is 25.6 Å². The van der Waals surface area contributed by atoms with E-state index in [1.165, 1.54) is 37.6 Å². The van der Waals surface area contributed by atoms with Gasteiger partial charge in [-0.05, 0) is 32.4 Å². The lowest BCUT2D eigenvalue weighted by Gasteiger charge is -2.25. The van der Waals surface area contributed by atoms with Crippen molar-refractivity contribution in [2.45, 2.75) is 39.4 Å². The predicted molar refractivity (Wildman–Crippen MR) is 129 cm³/mol. The van der Waals surface area contributed by atoms with E-state index in [1.54, 1.807) is 6.92 Å². The van der Waals surface area contributed by atoms with Gasteiger partial charge in [-0.25, -0.2) is 14.4 Å². The number of anilines is 2. The quantitative estimate of drug-likeness (QED) is 0.321. The van der Waals surface area contributed by atoms with Gasteiger partial charge in [0, 0.05) is 31.5 Å². The maximum Gasteiger partial charge on any atom is 0.418 e. The summed E-state index contributed by atoms with van der Waals surface area (Å²) < 4.78 is 60.4. The smallest absolute Gasteiger partial charge is 0.380 e. The molecular formula is C26H25F4N5O3. The molecule has 3 aromatic rings. The largest absolute Gasteiger partial charge is 0.418 e.